The Hall–Kier alpha value is -0.820. The Bertz CT molecular complexity index is 183. The number of hydrogen-bond acceptors (Lipinski definition) is 1. The molecule has 0 amide bonds. The minimum atomic E-state index is 0.626. The lowest BCUT2D eigenvalue weighted by atomic mass is 10.1. The summed E-state index contributed by atoms with van der Waals surface area (Å²) in [4.78, 5) is 0. The van der Waals surface area contributed by atoms with Crippen LogP contribution in [-0.2, 0) is 13.0 Å². The third kappa shape index (κ3) is 1.36. The smallest absolute Gasteiger partial charge is 0.0181 e. The van der Waals surface area contributed by atoms with Crippen molar-refractivity contribution in [2.24, 2.45) is 5.73 Å². The molecule has 0 aliphatic rings. The van der Waals surface area contributed by atoms with Crippen LogP contribution in [-0.4, -0.2) is 0 Å². The van der Waals surface area contributed by atoms with Crippen molar-refractivity contribution in [2.45, 2.75) is 19.9 Å². The van der Waals surface area contributed by atoms with Crippen LogP contribution in [0.3, 0.4) is 0 Å². The summed E-state index contributed by atoms with van der Waals surface area (Å²) in [5.41, 5.74) is 7.96. The summed E-state index contributed by atoms with van der Waals surface area (Å²) in [6.45, 7) is 2.74. The minimum absolute atomic E-state index is 0.626. The zero-order valence-electron chi connectivity index (χ0n) is 6.22. The summed E-state index contributed by atoms with van der Waals surface area (Å²) in [7, 11) is 0. The number of nitrogens with two attached hydrogens (primary N) is 1. The highest BCUT2D eigenvalue weighted by Crippen LogP contribution is 2.06. The molecule has 1 aromatic rings. The Morgan fingerprint density at radius 1 is 1.60 bits per heavy atom. The quantitative estimate of drug-likeness (QED) is 0.651. The fraction of sp³-hybridized carbons (Fsp3) is 0.333. The molecule has 2 N–H and O–H groups in total. The molecular formula is C9H12N. The van der Waals surface area contributed by atoms with Crippen molar-refractivity contribution in [2.75, 3.05) is 0 Å². The van der Waals surface area contributed by atoms with Crippen LogP contribution < -0.4 is 5.73 Å². The second-order valence-electron chi connectivity index (χ2n) is 2.23. The lowest BCUT2D eigenvalue weighted by molar-refractivity contribution is 1.00. The summed E-state index contributed by atoms with van der Waals surface area (Å²) in [6.07, 6.45) is 1.02. The van der Waals surface area contributed by atoms with E-state index in [1.807, 2.05) is 12.1 Å². The predicted octanol–water partition coefficient (Wildman–Crippen LogP) is 1.51. The van der Waals surface area contributed by atoms with Gasteiger partial charge >= 0.3 is 0 Å². The first-order valence-corrected chi connectivity index (χ1v) is 3.57. The molecule has 0 saturated heterocycles. The van der Waals surface area contributed by atoms with Gasteiger partial charge in [-0.2, -0.15) is 0 Å². The van der Waals surface area contributed by atoms with Crippen LogP contribution in [0.1, 0.15) is 18.1 Å². The van der Waals surface area contributed by atoms with E-state index in [2.05, 4.69) is 19.1 Å². The van der Waals surface area contributed by atoms with Crippen LogP contribution in [0, 0.1) is 6.07 Å². The average Bonchev–Trinajstić information content (AvgIpc) is 2.04. The standard InChI is InChI=1S/C9H12N/c1-2-8-5-3-4-6-9(8)7-10/h3-4,6H,2,7,10H2,1H3. The zero-order valence-corrected chi connectivity index (χ0v) is 6.22. The fourth-order valence-electron chi connectivity index (χ4n) is 1.03. The molecule has 0 aliphatic heterocycles. The van der Waals surface area contributed by atoms with Gasteiger partial charge in [-0.3, -0.25) is 0 Å². The van der Waals surface area contributed by atoms with E-state index in [9.17, 15) is 0 Å². The molecule has 0 aliphatic carbocycles. The van der Waals surface area contributed by atoms with Gasteiger partial charge in [0.15, 0.2) is 0 Å². The van der Waals surface area contributed by atoms with Gasteiger partial charge in [-0.05, 0) is 23.6 Å². The highest BCUT2D eigenvalue weighted by Gasteiger charge is 1.94. The summed E-state index contributed by atoms with van der Waals surface area (Å²) in [6, 6.07) is 9.11. The number of hydrogen-bond donors (Lipinski definition) is 1. The molecule has 0 spiro atoms. The molecule has 0 saturated carbocycles. The summed E-state index contributed by atoms with van der Waals surface area (Å²) >= 11 is 0. The van der Waals surface area contributed by atoms with Crippen molar-refractivity contribution >= 4 is 0 Å². The summed E-state index contributed by atoms with van der Waals surface area (Å²) in [5.74, 6) is 0. The number of rotatable bonds is 2. The van der Waals surface area contributed by atoms with Crippen LogP contribution in [0.4, 0.5) is 0 Å². The molecule has 0 fully saturated rings. The molecule has 0 aromatic heterocycles. The maximum absolute atomic E-state index is 5.51. The molecule has 1 aromatic carbocycles. The molecular weight excluding hydrogens is 122 g/mol. The van der Waals surface area contributed by atoms with Gasteiger partial charge in [-0.1, -0.05) is 25.1 Å². The van der Waals surface area contributed by atoms with Crippen LogP contribution in [0.25, 0.3) is 0 Å². The van der Waals surface area contributed by atoms with Gasteiger partial charge in [0.1, 0.15) is 0 Å². The Labute approximate surface area is 61.9 Å². The Balaban J connectivity index is 2.96. The normalized spacial score (nSPS) is 9.80. The van der Waals surface area contributed by atoms with Crippen LogP contribution in [0.15, 0.2) is 18.2 Å². The maximum atomic E-state index is 5.51. The zero-order chi connectivity index (χ0) is 7.40. The minimum Gasteiger partial charge on any atom is -0.326 e. The second kappa shape index (κ2) is 3.37. The van der Waals surface area contributed by atoms with Crippen molar-refractivity contribution < 1.29 is 0 Å². The van der Waals surface area contributed by atoms with Crippen LogP contribution in [0.2, 0.25) is 0 Å². The molecule has 1 radical (unpaired) electrons. The highest BCUT2D eigenvalue weighted by molar-refractivity contribution is 5.25. The van der Waals surface area contributed by atoms with Crippen LogP contribution >= 0.6 is 0 Å². The van der Waals surface area contributed by atoms with E-state index < -0.39 is 0 Å². The molecule has 10 heavy (non-hydrogen) atoms. The van der Waals surface area contributed by atoms with Crippen molar-refractivity contribution in [3.63, 3.8) is 0 Å². The van der Waals surface area contributed by atoms with Crippen molar-refractivity contribution in [3.05, 3.63) is 35.4 Å². The van der Waals surface area contributed by atoms with E-state index in [1.165, 1.54) is 11.1 Å². The van der Waals surface area contributed by atoms with Crippen molar-refractivity contribution in [1.82, 2.24) is 0 Å². The lowest BCUT2D eigenvalue weighted by Crippen LogP contribution is -2.00. The second-order valence-corrected chi connectivity index (χ2v) is 2.23. The monoisotopic (exact) mass is 134 g/mol. The molecule has 1 nitrogen and oxygen atoms in total. The average molecular weight is 134 g/mol. The van der Waals surface area contributed by atoms with Gasteiger partial charge < -0.3 is 5.73 Å². The van der Waals surface area contributed by atoms with Gasteiger partial charge in [-0.15, -0.1) is 0 Å². The first-order chi connectivity index (χ1) is 4.88. The van der Waals surface area contributed by atoms with Crippen LogP contribution in [0.5, 0.6) is 0 Å². The van der Waals surface area contributed by atoms with E-state index in [-0.39, 0.29) is 0 Å². The third-order valence-electron chi connectivity index (χ3n) is 1.61. The largest absolute Gasteiger partial charge is 0.326 e. The van der Waals surface area contributed by atoms with Crippen molar-refractivity contribution in [3.8, 4) is 0 Å². The molecule has 53 valence electrons. The summed E-state index contributed by atoms with van der Waals surface area (Å²) in [5, 5.41) is 0. The van der Waals surface area contributed by atoms with Crippen molar-refractivity contribution in [1.29, 1.82) is 0 Å². The first-order valence-electron chi connectivity index (χ1n) is 3.57. The summed E-state index contributed by atoms with van der Waals surface area (Å²) < 4.78 is 0. The van der Waals surface area contributed by atoms with E-state index >= 15 is 0 Å². The molecule has 1 rings (SSSR count). The topological polar surface area (TPSA) is 26.0 Å². The van der Waals surface area contributed by atoms with Gasteiger partial charge in [0.25, 0.3) is 0 Å². The Kier molecular flexibility index (Phi) is 2.46. The predicted molar refractivity (Wildman–Crippen MR) is 42.5 cm³/mol. The van der Waals surface area contributed by atoms with E-state index in [0.29, 0.717) is 6.54 Å². The van der Waals surface area contributed by atoms with Gasteiger partial charge in [0.2, 0.25) is 0 Å². The first kappa shape index (κ1) is 7.29. The molecule has 0 atom stereocenters. The van der Waals surface area contributed by atoms with Gasteiger partial charge in [0, 0.05) is 6.54 Å². The molecule has 0 bridgehead atoms. The number of aryl methyl sites for hydroxylation is 1. The van der Waals surface area contributed by atoms with Gasteiger partial charge in [0.05, 0.1) is 0 Å². The number of benzene rings is 1. The third-order valence-corrected chi connectivity index (χ3v) is 1.61. The SMILES string of the molecule is CCc1[c]cccc1CN. The Morgan fingerprint density at radius 2 is 2.40 bits per heavy atom. The van der Waals surface area contributed by atoms with E-state index in [0.717, 1.165) is 6.42 Å². The fourth-order valence-corrected chi connectivity index (χ4v) is 1.03. The molecule has 0 heterocycles. The highest BCUT2D eigenvalue weighted by atomic mass is 14.5. The van der Waals surface area contributed by atoms with E-state index in [4.69, 9.17) is 5.73 Å². The van der Waals surface area contributed by atoms with Gasteiger partial charge in [-0.25, -0.2) is 0 Å². The molecule has 1 heteroatoms. The van der Waals surface area contributed by atoms with E-state index in [1.54, 1.807) is 0 Å². The molecule has 0 unspecified atom stereocenters. The Morgan fingerprint density at radius 3 is 2.90 bits per heavy atom. The maximum Gasteiger partial charge on any atom is 0.0181 e. The lowest BCUT2D eigenvalue weighted by Gasteiger charge is -2.01.